The van der Waals surface area contributed by atoms with Crippen molar-refractivity contribution in [3.63, 3.8) is 0 Å². The number of carbonyl (C=O) groups is 1. The van der Waals surface area contributed by atoms with Gasteiger partial charge in [-0.3, -0.25) is 4.79 Å². The van der Waals surface area contributed by atoms with Crippen LogP contribution in [0.3, 0.4) is 0 Å². The Morgan fingerprint density at radius 1 is 1.29 bits per heavy atom. The van der Waals surface area contributed by atoms with Gasteiger partial charge in [-0.2, -0.15) is 0 Å². The largest absolute Gasteiger partial charge is 0.300 e. The van der Waals surface area contributed by atoms with Crippen molar-refractivity contribution >= 4 is 21.7 Å². The van der Waals surface area contributed by atoms with Gasteiger partial charge in [0.05, 0.1) is 0 Å². The summed E-state index contributed by atoms with van der Waals surface area (Å²) in [5.41, 5.74) is 1.30. The molecular weight excluding hydrogens is 240 g/mol. The lowest BCUT2D eigenvalue weighted by Gasteiger charge is -2.00. The Kier molecular flexibility index (Phi) is 4.88. The first kappa shape index (κ1) is 11.4. The lowest BCUT2D eigenvalue weighted by molar-refractivity contribution is -0.118. The van der Waals surface area contributed by atoms with Crippen molar-refractivity contribution in [1.29, 1.82) is 0 Å². The van der Waals surface area contributed by atoms with Gasteiger partial charge in [0, 0.05) is 17.3 Å². The molecule has 0 atom stereocenters. The summed E-state index contributed by atoms with van der Waals surface area (Å²) in [4.78, 5) is 11.0. The van der Waals surface area contributed by atoms with Crippen molar-refractivity contribution in [3.8, 4) is 0 Å². The summed E-state index contributed by atoms with van der Waals surface area (Å²) in [5.74, 6) is 0.363. The molecule has 0 radical (unpaired) electrons. The van der Waals surface area contributed by atoms with Crippen LogP contribution in [-0.2, 0) is 11.2 Å². The fraction of sp³-hybridized carbons (Fsp3) is 0.417. The third kappa shape index (κ3) is 4.05. The van der Waals surface area contributed by atoms with Crippen LogP contribution in [0, 0.1) is 0 Å². The minimum atomic E-state index is 0.363. The quantitative estimate of drug-likeness (QED) is 0.783. The zero-order valence-corrected chi connectivity index (χ0v) is 10.0. The number of hydrogen-bond donors (Lipinski definition) is 0. The van der Waals surface area contributed by atoms with Gasteiger partial charge in [0.25, 0.3) is 0 Å². The molecule has 1 nitrogen and oxygen atoms in total. The van der Waals surface area contributed by atoms with Crippen LogP contribution in [0.5, 0.6) is 0 Å². The van der Waals surface area contributed by atoms with E-state index in [0.29, 0.717) is 18.6 Å². The lowest BCUT2D eigenvalue weighted by Crippen LogP contribution is -1.96. The predicted molar refractivity (Wildman–Crippen MR) is 62.4 cm³/mol. The number of aryl methyl sites for hydroxylation is 1. The molecule has 0 amide bonds. The van der Waals surface area contributed by atoms with Gasteiger partial charge in [0.2, 0.25) is 0 Å². The summed E-state index contributed by atoms with van der Waals surface area (Å²) in [6, 6.07) is 8.27. The first-order valence-corrected chi connectivity index (χ1v) is 5.78. The van der Waals surface area contributed by atoms with Crippen LogP contribution in [0.1, 0.15) is 31.7 Å². The van der Waals surface area contributed by atoms with Crippen LogP contribution in [0.4, 0.5) is 0 Å². The Bertz CT molecular complexity index is 290. The van der Waals surface area contributed by atoms with Crippen LogP contribution in [0.2, 0.25) is 0 Å². The normalized spacial score (nSPS) is 10.1. The molecular formula is C12H15BrO. The van der Waals surface area contributed by atoms with Gasteiger partial charge in [-0.05, 0) is 30.5 Å². The minimum Gasteiger partial charge on any atom is -0.300 e. The number of carbonyl (C=O) groups excluding carboxylic acids is 1. The van der Waals surface area contributed by atoms with Gasteiger partial charge in [-0.1, -0.05) is 35.0 Å². The summed E-state index contributed by atoms with van der Waals surface area (Å²) in [5, 5.41) is 0. The van der Waals surface area contributed by atoms with E-state index in [2.05, 4.69) is 28.1 Å². The molecule has 76 valence electrons. The fourth-order valence-corrected chi connectivity index (χ4v) is 1.58. The van der Waals surface area contributed by atoms with Crippen LogP contribution < -0.4 is 0 Å². The number of benzene rings is 1. The second-order valence-corrected chi connectivity index (χ2v) is 4.29. The van der Waals surface area contributed by atoms with E-state index in [1.54, 1.807) is 0 Å². The van der Waals surface area contributed by atoms with Gasteiger partial charge in [0.15, 0.2) is 0 Å². The van der Waals surface area contributed by atoms with Crippen molar-refractivity contribution in [3.05, 3.63) is 34.3 Å². The highest BCUT2D eigenvalue weighted by Gasteiger charge is 1.98. The summed E-state index contributed by atoms with van der Waals surface area (Å²) in [6.45, 7) is 1.92. The molecule has 0 fully saturated rings. The van der Waals surface area contributed by atoms with Crippen LogP contribution in [0.25, 0.3) is 0 Å². The Balaban J connectivity index is 2.31. The van der Waals surface area contributed by atoms with Crippen molar-refractivity contribution in [1.82, 2.24) is 0 Å². The van der Waals surface area contributed by atoms with Gasteiger partial charge >= 0.3 is 0 Å². The number of Topliss-reactive ketones (excluding diaryl/α,β-unsaturated/α-hetero) is 1. The first-order valence-electron chi connectivity index (χ1n) is 4.98. The molecule has 0 unspecified atom stereocenters. The highest BCUT2D eigenvalue weighted by atomic mass is 79.9. The van der Waals surface area contributed by atoms with Gasteiger partial charge in [0.1, 0.15) is 5.78 Å². The van der Waals surface area contributed by atoms with Gasteiger partial charge < -0.3 is 0 Å². The summed E-state index contributed by atoms with van der Waals surface area (Å²) < 4.78 is 1.10. The van der Waals surface area contributed by atoms with Crippen molar-refractivity contribution in [2.75, 3.05) is 0 Å². The van der Waals surface area contributed by atoms with Crippen molar-refractivity contribution < 1.29 is 4.79 Å². The highest BCUT2D eigenvalue weighted by molar-refractivity contribution is 9.10. The Hall–Kier alpha value is -0.630. The van der Waals surface area contributed by atoms with E-state index in [0.717, 1.165) is 17.3 Å². The Morgan fingerprint density at radius 3 is 2.50 bits per heavy atom. The summed E-state index contributed by atoms with van der Waals surface area (Å²) in [7, 11) is 0. The smallest absolute Gasteiger partial charge is 0.132 e. The molecule has 0 saturated heterocycles. The summed E-state index contributed by atoms with van der Waals surface area (Å²) in [6.07, 6.45) is 3.35. The number of ketones is 1. The van der Waals surface area contributed by atoms with Crippen molar-refractivity contribution in [2.24, 2.45) is 0 Å². The molecule has 1 aromatic rings. The van der Waals surface area contributed by atoms with E-state index in [-0.39, 0.29) is 0 Å². The van der Waals surface area contributed by atoms with Crippen molar-refractivity contribution in [2.45, 2.75) is 32.6 Å². The third-order valence-electron chi connectivity index (χ3n) is 2.23. The SMILES string of the molecule is CCC(=O)CCCc1ccc(Br)cc1. The van der Waals surface area contributed by atoms with E-state index >= 15 is 0 Å². The highest BCUT2D eigenvalue weighted by Crippen LogP contribution is 2.12. The summed E-state index contributed by atoms with van der Waals surface area (Å²) >= 11 is 3.39. The molecule has 0 N–H and O–H groups in total. The minimum absolute atomic E-state index is 0.363. The van der Waals surface area contributed by atoms with E-state index in [1.165, 1.54) is 5.56 Å². The maximum absolute atomic E-state index is 11.0. The molecule has 0 aliphatic heterocycles. The molecule has 0 aromatic heterocycles. The van der Waals surface area contributed by atoms with Crippen LogP contribution >= 0.6 is 15.9 Å². The number of rotatable bonds is 5. The maximum atomic E-state index is 11.0. The molecule has 2 heteroatoms. The molecule has 0 heterocycles. The molecule has 0 spiro atoms. The molecule has 0 aliphatic carbocycles. The topological polar surface area (TPSA) is 17.1 Å². The van der Waals surface area contributed by atoms with E-state index in [1.807, 2.05) is 19.1 Å². The molecule has 1 rings (SSSR count). The monoisotopic (exact) mass is 254 g/mol. The second-order valence-electron chi connectivity index (χ2n) is 3.37. The van der Waals surface area contributed by atoms with Crippen LogP contribution in [0.15, 0.2) is 28.7 Å². The predicted octanol–water partition coefficient (Wildman–Crippen LogP) is 3.75. The first-order chi connectivity index (χ1) is 6.72. The van der Waals surface area contributed by atoms with E-state index < -0.39 is 0 Å². The van der Waals surface area contributed by atoms with Gasteiger partial charge in [-0.15, -0.1) is 0 Å². The average Bonchev–Trinajstić information content (AvgIpc) is 2.21. The maximum Gasteiger partial charge on any atom is 0.132 e. The Morgan fingerprint density at radius 2 is 1.93 bits per heavy atom. The molecule has 0 saturated carbocycles. The van der Waals surface area contributed by atoms with Crippen LogP contribution in [-0.4, -0.2) is 5.78 Å². The third-order valence-corrected chi connectivity index (χ3v) is 2.76. The standard InChI is InChI=1S/C12H15BrO/c1-2-12(14)5-3-4-10-6-8-11(13)9-7-10/h6-9H,2-5H2,1H3. The fourth-order valence-electron chi connectivity index (χ4n) is 1.32. The molecule has 1 aromatic carbocycles. The zero-order chi connectivity index (χ0) is 10.4. The number of halogens is 1. The molecule has 14 heavy (non-hydrogen) atoms. The zero-order valence-electron chi connectivity index (χ0n) is 8.42. The van der Waals surface area contributed by atoms with Gasteiger partial charge in [-0.25, -0.2) is 0 Å². The molecule has 0 bridgehead atoms. The number of hydrogen-bond acceptors (Lipinski definition) is 1. The van der Waals surface area contributed by atoms with E-state index in [9.17, 15) is 4.79 Å². The second kappa shape index (κ2) is 5.97. The molecule has 0 aliphatic rings. The average molecular weight is 255 g/mol. The van der Waals surface area contributed by atoms with E-state index in [4.69, 9.17) is 0 Å². The lowest BCUT2D eigenvalue weighted by atomic mass is 10.1. The Labute approximate surface area is 93.7 Å².